The summed E-state index contributed by atoms with van der Waals surface area (Å²) in [7, 11) is 7.29. The number of benzene rings is 2. The lowest BCUT2D eigenvalue weighted by Crippen LogP contribution is -2.43. The Bertz CT molecular complexity index is 3150. The van der Waals surface area contributed by atoms with Crippen LogP contribution in [0.2, 0.25) is 0 Å². The summed E-state index contributed by atoms with van der Waals surface area (Å²) in [5.74, 6) is 19.2. The van der Waals surface area contributed by atoms with Crippen molar-refractivity contribution < 1.29 is 66.5 Å². The maximum absolute atomic E-state index is 13.2. The predicted octanol–water partition coefficient (Wildman–Crippen LogP) is 6.27. The van der Waals surface area contributed by atoms with Gasteiger partial charge in [0.1, 0.15) is 36.1 Å². The van der Waals surface area contributed by atoms with Gasteiger partial charge in [-0.25, -0.2) is 24.4 Å². The van der Waals surface area contributed by atoms with Crippen molar-refractivity contribution in [1.82, 2.24) is 19.7 Å². The topological polar surface area (TPSA) is 200 Å². The zero-order chi connectivity index (χ0) is 61.4. The van der Waals surface area contributed by atoms with Crippen molar-refractivity contribution in [2.45, 2.75) is 45.2 Å². The normalized spacial score (nSPS) is 17.1. The van der Waals surface area contributed by atoms with Crippen LogP contribution >= 0.6 is 0 Å². The van der Waals surface area contributed by atoms with Crippen molar-refractivity contribution in [2.75, 3.05) is 154 Å². The Morgan fingerprint density at radius 1 is 0.563 bits per heavy atom. The quantitative estimate of drug-likeness (QED) is 0.0326. The molecule has 4 aliphatic rings. The number of aliphatic imine (C=N–C) groups is 2. The molecule has 7 rings (SSSR count). The molecule has 1 fully saturated rings. The second-order valence-corrected chi connectivity index (χ2v) is 20.7. The van der Waals surface area contributed by atoms with Crippen molar-refractivity contribution in [2.24, 2.45) is 15.9 Å². The van der Waals surface area contributed by atoms with Crippen molar-refractivity contribution in [3.8, 4) is 47.0 Å². The average molecular weight is 1190 g/mol. The molecule has 3 aliphatic heterocycles. The van der Waals surface area contributed by atoms with Gasteiger partial charge >= 0.3 is 17.9 Å². The van der Waals surface area contributed by atoms with Crippen LogP contribution in [0.25, 0.3) is 0 Å². The van der Waals surface area contributed by atoms with Crippen molar-refractivity contribution in [3.05, 3.63) is 135 Å². The molecule has 20 nitrogen and oxygen atoms in total. The lowest BCUT2D eigenvalue weighted by Gasteiger charge is -2.30. The molecule has 3 aromatic rings. The van der Waals surface area contributed by atoms with E-state index < -0.39 is 23.9 Å². The molecule has 2 atom stereocenters. The fourth-order valence-electron chi connectivity index (χ4n) is 9.38. The summed E-state index contributed by atoms with van der Waals surface area (Å²) in [4.78, 5) is 60.8. The van der Waals surface area contributed by atoms with E-state index in [4.69, 9.17) is 67.1 Å². The minimum atomic E-state index is -0.740. The molecule has 0 bridgehead atoms. The van der Waals surface area contributed by atoms with E-state index in [0.29, 0.717) is 167 Å². The number of rotatable bonds is 29. The molecule has 87 heavy (non-hydrogen) atoms. The molecule has 0 amide bonds. The second-order valence-electron chi connectivity index (χ2n) is 20.7. The highest BCUT2D eigenvalue weighted by Gasteiger charge is 2.29. The van der Waals surface area contributed by atoms with Gasteiger partial charge in [-0.1, -0.05) is 53.2 Å². The summed E-state index contributed by atoms with van der Waals surface area (Å²) in [6, 6.07) is 17.7. The van der Waals surface area contributed by atoms with Crippen LogP contribution < -0.4 is 9.47 Å². The van der Waals surface area contributed by atoms with E-state index in [1.807, 2.05) is 60.7 Å². The largest absolute Gasteiger partial charge is 0.491 e. The van der Waals surface area contributed by atoms with E-state index in [2.05, 4.69) is 69.3 Å². The molecule has 1 saturated heterocycles. The first-order chi connectivity index (χ1) is 42.5. The van der Waals surface area contributed by atoms with Gasteiger partial charge in [0.25, 0.3) is 0 Å². The van der Waals surface area contributed by atoms with Crippen molar-refractivity contribution in [3.63, 3.8) is 0 Å². The highest BCUT2D eigenvalue weighted by atomic mass is 16.6. The summed E-state index contributed by atoms with van der Waals surface area (Å²) in [6.45, 7) is 10.9. The highest BCUT2D eigenvalue weighted by Crippen LogP contribution is 2.24. The molecule has 0 radical (unpaired) electrons. The van der Waals surface area contributed by atoms with Crippen LogP contribution in [0.3, 0.4) is 0 Å². The van der Waals surface area contributed by atoms with E-state index >= 15 is 0 Å². The van der Waals surface area contributed by atoms with Crippen LogP contribution in [0.4, 0.5) is 0 Å². The number of hydrogen-bond acceptors (Lipinski definition) is 20. The van der Waals surface area contributed by atoms with Gasteiger partial charge in [-0.05, 0) is 92.6 Å². The molecule has 2 aromatic carbocycles. The molecule has 0 spiro atoms. The number of dihydropyridines is 1. The number of carbonyl (C=O) groups excluding carboxylic acids is 3. The first-order valence-electron chi connectivity index (χ1n) is 29.1. The standard InChI is InChI=1S/C67H80N6O14/c1-50-7-9-51(10-8-50)11-14-54-39-57(68-62(42-54)65(74)79-4)45-71-25-26-72(46-58-40-55(43-63(69-58)66(75)80-5)15-12-52-17-21-60(22-18-52)86-37-35-84-33-31-82-29-27-77-2)49-73(48-71)47-59-41-56(44-64(70-59)67(76)81-6)16-13-53-19-23-61(24-20-53)87-38-36-85-34-32-83-30-28-78-3/h7,9,17-24,39-40,43-44,56,62H,8,10,25-38,41-42,45-49H2,1-6H3. The molecular formula is C67H80N6O14. The van der Waals surface area contributed by atoms with E-state index in [1.54, 1.807) is 26.4 Å². The Balaban J connectivity index is 1.08. The van der Waals surface area contributed by atoms with E-state index in [-0.39, 0.29) is 17.3 Å². The minimum absolute atomic E-state index is 0.125. The molecular weight excluding hydrogens is 1110 g/mol. The van der Waals surface area contributed by atoms with E-state index in [9.17, 15) is 14.4 Å². The second kappa shape index (κ2) is 37.0. The average Bonchev–Trinajstić information content (AvgIpc) is 4.01. The van der Waals surface area contributed by atoms with Crippen LogP contribution in [0.1, 0.15) is 65.5 Å². The van der Waals surface area contributed by atoms with Crippen molar-refractivity contribution in [1.29, 1.82) is 0 Å². The van der Waals surface area contributed by atoms with Gasteiger partial charge < -0.3 is 52.1 Å². The molecule has 4 heterocycles. The van der Waals surface area contributed by atoms with Gasteiger partial charge in [0.05, 0.1) is 112 Å². The van der Waals surface area contributed by atoms with Gasteiger partial charge in [-0.15, -0.1) is 0 Å². The molecule has 2 unspecified atom stereocenters. The van der Waals surface area contributed by atoms with Gasteiger partial charge in [0.2, 0.25) is 0 Å². The number of methoxy groups -OCH3 is 5. The third-order valence-corrected chi connectivity index (χ3v) is 13.8. The molecule has 0 N–H and O–H groups in total. The Labute approximate surface area is 511 Å². The Morgan fingerprint density at radius 3 is 1.72 bits per heavy atom. The zero-order valence-corrected chi connectivity index (χ0v) is 50.9. The molecule has 0 saturated carbocycles. The highest BCUT2D eigenvalue weighted by molar-refractivity contribution is 6.01. The predicted molar refractivity (Wildman–Crippen MR) is 328 cm³/mol. The van der Waals surface area contributed by atoms with Crippen LogP contribution in [0.5, 0.6) is 11.5 Å². The third kappa shape index (κ3) is 23.8. The smallest absolute Gasteiger partial charge is 0.356 e. The molecule has 20 heteroatoms. The zero-order valence-electron chi connectivity index (χ0n) is 50.9. The summed E-state index contributed by atoms with van der Waals surface area (Å²) in [6.07, 6.45) is 10.5. The van der Waals surface area contributed by atoms with Gasteiger partial charge in [-0.3, -0.25) is 19.7 Å². The fourth-order valence-corrected chi connectivity index (χ4v) is 9.38. The Kier molecular flexibility index (Phi) is 28.4. The minimum Gasteiger partial charge on any atom is -0.491 e. The molecule has 1 aliphatic carbocycles. The van der Waals surface area contributed by atoms with Crippen LogP contribution in [-0.4, -0.2) is 209 Å². The van der Waals surface area contributed by atoms with Crippen LogP contribution in [0.15, 0.2) is 117 Å². The summed E-state index contributed by atoms with van der Waals surface area (Å²) >= 11 is 0. The maximum Gasteiger partial charge on any atom is 0.356 e. The van der Waals surface area contributed by atoms with Gasteiger partial charge in [0.15, 0.2) is 6.04 Å². The van der Waals surface area contributed by atoms with Gasteiger partial charge in [-0.2, -0.15) is 0 Å². The van der Waals surface area contributed by atoms with Crippen LogP contribution in [0, 0.1) is 41.4 Å². The Morgan fingerprint density at radius 2 is 1.14 bits per heavy atom. The van der Waals surface area contributed by atoms with Crippen LogP contribution in [-0.2, 0) is 58.8 Å². The number of ether oxygens (including phenoxy) is 11. The summed E-state index contributed by atoms with van der Waals surface area (Å²) < 4.78 is 59.3. The molecule has 462 valence electrons. The van der Waals surface area contributed by atoms with E-state index in [1.165, 1.54) is 26.9 Å². The SMILES string of the molecule is COCCOCCOCCOc1ccc(C#Cc2cc(CN3CCN(CC4=NC(C(=O)OC)CC(C#CC5=CC=C(C)CC5)=C4)CN(CC4=NC(C(=O)OC)=CC(C#Cc5ccc(OCCOCCOCCOC)cc5)C4)C3)nc(C(=O)OC)c2)cc1. The maximum atomic E-state index is 13.2. The number of carbonyl (C=O) groups is 3. The fraction of sp³-hybridized carbons (Fsp3) is 0.463. The monoisotopic (exact) mass is 1190 g/mol. The summed E-state index contributed by atoms with van der Waals surface area (Å²) in [5, 5.41) is 0. The number of aromatic nitrogens is 1. The number of allylic oxidation sites excluding steroid dienone is 5. The lowest BCUT2D eigenvalue weighted by molar-refractivity contribution is -0.142. The lowest BCUT2D eigenvalue weighted by atomic mass is 9.97. The Hall–Kier alpha value is -7.78. The number of hydrogen-bond donors (Lipinski definition) is 0. The van der Waals surface area contributed by atoms with Gasteiger partial charge in [0, 0.05) is 99.3 Å². The first kappa shape index (κ1) is 66.7. The summed E-state index contributed by atoms with van der Waals surface area (Å²) in [5.41, 5.74) is 7.60. The first-order valence-corrected chi connectivity index (χ1v) is 29.1. The van der Waals surface area contributed by atoms with E-state index in [0.717, 1.165) is 40.8 Å². The van der Waals surface area contributed by atoms with Crippen molar-refractivity contribution >= 4 is 29.3 Å². The number of nitrogens with zero attached hydrogens (tertiary/aromatic N) is 6. The number of esters is 3. The number of pyridine rings is 1. The molecule has 1 aromatic heterocycles. The third-order valence-electron chi connectivity index (χ3n) is 13.8.